The van der Waals surface area contributed by atoms with Crippen LogP contribution in [0.5, 0.6) is 11.5 Å². The molecule has 1 unspecified atom stereocenters. The van der Waals surface area contributed by atoms with Crippen molar-refractivity contribution in [2.24, 2.45) is 5.73 Å². The van der Waals surface area contributed by atoms with Crippen molar-refractivity contribution in [3.8, 4) is 11.5 Å². The molecular formula is C15H21N3O6. The molecule has 0 aliphatic carbocycles. The van der Waals surface area contributed by atoms with E-state index in [1.54, 1.807) is 0 Å². The number of nitrogens with two attached hydrogens (primary N) is 1. The first-order valence-electron chi connectivity index (χ1n) is 7.64. The van der Waals surface area contributed by atoms with Crippen LogP contribution in [0.2, 0.25) is 0 Å². The Bertz CT molecular complexity index is 601. The molecule has 0 aromatic heterocycles. The molecule has 3 N–H and O–H groups in total. The number of ether oxygens (including phenoxy) is 3. The van der Waals surface area contributed by atoms with Crippen LogP contribution in [0.1, 0.15) is 23.2 Å². The van der Waals surface area contributed by atoms with E-state index in [1.807, 2.05) is 0 Å². The summed E-state index contributed by atoms with van der Waals surface area (Å²) in [6, 6.07) is 2.39. The summed E-state index contributed by atoms with van der Waals surface area (Å²) in [5.74, 6) is -0.460. The monoisotopic (exact) mass is 339 g/mol. The summed E-state index contributed by atoms with van der Waals surface area (Å²) >= 11 is 0. The standard InChI is InChI=1S/C15H21N3O6/c1-22-13-8-12(18(20)21)11(15(16)19)7-14(13)24-5-2-3-10-9-17-4-6-23-10/h7-8,10,17H,2-6,9H2,1H3,(H2,16,19). The zero-order valence-corrected chi connectivity index (χ0v) is 13.4. The second-order valence-electron chi connectivity index (χ2n) is 5.33. The third kappa shape index (κ3) is 4.56. The predicted octanol–water partition coefficient (Wildman–Crippen LogP) is 0.850. The zero-order valence-electron chi connectivity index (χ0n) is 13.4. The number of nitro benzene ring substituents is 1. The van der Waals surface area contributed by atoms with Crippen molar-refractivity contribution < 1.29 is 23.9 Å². The smallest absolute Gasteiger partial charge is 0.286 e. The lowest BCUT2D eigenvalue weighted by Crippen LogP contribution is -2.38. The van der Waals surface area contributed by atoms with E-state index in [9.17, 15) is 14.9 Å². The molecule has 1 fully saturated rings. The molecule has 1 aliphatic rings. The summed E-state index contributed by atoms with van der Waals surface area (Å²) < 4.78 is 16.3. The first-order valence-corrected chi connectivity index (χ1v) is 7.64. The Morgan fingerprint density at radius 3 is 2.88 bits per heavy atom. The summed E-state index contributed by atoms with van der Waals surface area (Å²) in [5, 5.41) is 14.3. The number of amides is 1. The number of hydrogen-bond donors (Lipinski definition) is 2. The van der Waals surface area contributed by atoms with Gasteiger partial charge in [-0.1, -0.05) is 0 Å². The van der Waals surface area contributed by atoms with Crippen molar-refractivity contribution in [3.63, 3.8) is 0 Å². The van der Waals surface area contributed by atoms with Crippen LogP contribution < -0.4 is 20.5 Å². The maximum atomic E-state index is 11.4. The molecule has 1 aliphatic heterocycles. The maximum absolute atomic E-state index is 11.4. The summed E-state index contributed by atoms with van der Waals surface area (Å²) in [4.78, 5) is 21.8. The summed E-state index contributed by atoms with van der Waals surface area (Å²) in [6.45, 7) is 2.74. The number of methoxy groups -OCH3 is 1. The number of benzene rings is 1. The molecular weight excluding hydrogens is 318 g/mol. The Balaban J connectivity index is 2.01. The van der Waals surface area contributed by atoms with Gasteiger partial charge < -0.3 is 25.3 Å². The van der Waals surface area contributed by atoms with Gasteiger partial charge >= 0.3 is 0 Å². The van der Waals surface area contributed by atoms with Crippen molar-refractivity contribution in [1.82, 2.24) is 5.32 Å². The zero-order chi connectivity index (χ0) is 17.5. The van der Waals surface area contributed by atoms with Gasteiger partial charge in [0, 0.05) is 19.2 Å². The Morgan fingerprint density at radius 1 is 1.50 bits per heavy atom. The van der Waals surface area contributed by atoms with Gasteiger partial charge in [0.05, 0.1) is 37.4 Å². The van der Waals surface area contributed by atoms with Gasteiger partial charge in [-0.05, 0) is 12.8 Å². The van der Waals surface area contributed by atoms with Gasteiger partial charge in [0.1, 0.15) is 5.56 Å². The van der Waals surface area contributed by atoms with Crippen LogP contribution in [-0.2, 0) is 4.74 Å². The SMILES string of the molecule is COc1cc([N+](=O)[O-])c(C(N)=O)cc1OCCCC1CNCCO1. The third-order valence-electron chi connectivity index (χ3n) is 3.68. The van der Waals surface area contributed by atoms with Crippen LogP contribution >= 0.6 is 0 Å². The van der Waals surface area contributed by atoms with E-state index < -0.39 is 16.5 Å². The van der Waals surface area contributed by atoms with Gasteiger partial charge in [0.15, 0.2) is 11.5 Å². The Morgan fingerprint density at radius 2 is 2.29 bits per heavy atom. The second kappa shape index (κ2) is 8.46. The Kier molecular flexibility index (Phi) is 6.33. The van der Waals surface area contributed by atoms with Crippen LogP contribution in [0.3, 0.4) is 0 Å². The number of carbonyl (C=O) groups excluding carboxylic acids is 1. The molecule has 0 radical (unpaired) electrons. The molecule has 9 heteroatoms. The Hall–Kier alpha value is -2.39. The van der Waals surface area contributed by atoms with Crippen molar-refractivity contribution in [2.45, 2.75) is 18.9 Å². The van der Waals surface area contributed by atoms with Crippen molar-refractivity contribution in [1.29, 1.82) is 0 Å². The number of carbonyl (C=O) groups is 1. The van der Waals surface area contributed by atoms with E-state index in [0.29, 0.717) is 13.2 Å². The normalized spacial score (nSPS) is 17.3. The summed E-state index contributed by atoms with van der Waals surface area (Å²) in [6.07, 6.45) is 1.71. The number of hydrogen-bond acceptors (Lipinski definition) is 7. The average Bonchev–Trinajstić information content (AvgIpc) is 2.58. The van der Waals surface area contributed by atoms with Gasteiger partial charge in [-0.15, -0.1) is 0 Å². The van der Waals surface area contributed by atoms with Crippen LogP contribution in [0.4, 0.5) is 5.69 Å². The number of nitrogens with zero attached hydrogens (tertiary/aromatic N) is 1. The lowest BCUT2D eigenvalue weighted by Gasteiger charge is -2.23. The van der Waals surface area contributed by atoms with Gasteiger partial charge in [-0.25, -0.2) is 0 Å². The molecule has 24 heavy (non-hydrogen) atoms. The number of primary amides is 1. The molecule has 132 valence electrons. The van der Waals surface area contributed by atoms with Crippen LogP contribution in [0.25, 0.3) is 0 Å². The first kappa shape index (κ1) is 18.0. The van der Waals surface area contributed by atoms with Crippen molar-refractivity contribution in [3.05, 3.63) is 27.8 Å². The van der Waals surface area contributed by atoms with Crippen LogP contribution in [0, 0.1) is 10.1 Å². The Labute approximate surface area is 139 Å². The van der Waals surface area contributed by atoms with E-state index in [0.717, 1.165) is 32.0 Å². The lowest BCUT2D eigenvalue weighted by molar-refractivity contribution is -0.385. The molecule has 1 aromatic rings. The fraction of sp³-hybridized carbons (Fsp3) is 0.533. The van der Waals surface area contributed by atoms with Crippen molar-refractivity contribution in [2.75, 3.05) is 33.4 Å². The predicted molar refractivity (Wildman–Crippen MR) is 85.5 cm³/mol. The highest BCUT2D eigenvalue weighted by Crippen LogP contribution is 2.34. The molecule has 1 aromatic carbocycles. The van der Waals surface area contributed by atoms with Gasteiger partial charge in [-0.3, -0.25) is 14.9 Å². The molecule has 2 rings (SSSR count). The second-order valence-corrected chi connectivity index (χ2v) is 5.33. The maximum Gasteiger partial charge on any atom is 0.286 e. The minimum Gasteiger partial charge on any atom is -0.493 e. The highest BCUT2D eigenvalue weighted by molar-refractivity contribution is 5.97. The number of morpholine rings is 1. The van der Waals surface area contributed by atoms with E-state index in [-0.39, 0.29) is 23.2 Å². The summed E-state index contributed by atoms with van der Waals surface area (Å²) in [5.41, 5.74) is 4.58. The van der Waals surface area contributed by atoms with Crippen LogP contribution in [-0.4, -0.2) is 50.3 Å². The fourth-order valence-corrected chi connectivity index (χ4v) is 2.47. The number of nitro groups is 1. The summed E-state index contributed by atoms with van der Waals surface area (Å²) in [7, 11) is 1.37. The highest BCUT2D eigenvalue weighted by Gasteiger charge is 2.23. The fourth-order valence-electron chi connectivity index (χ4n) is 2.47. The van der Waals surface area contributed by atoms with Gasteiger partial charge in [0.25, 0.3) is 11.6 Å². The molecule has 1 heterocycles. The average molecular weight is 339 g/mol. The molecule has 0 spiro atoms. The van der Waals surface area contributed by atoms with E-state index in [2.05, 4.69) is 5.32 Å². The number of nitrogens with one attached hydrogen (secondary N) is 1. The molecule has 1 amide bonds. The molecule has 1 saturated heterocycles. The number of rotatable bonds is 8. The van der Waals surface area contributed by atoms with E-state index in [1.165, 1.54) is 13.2 Å². The van der Waals surface area contributed by atoms with Gasteiger partial charge in [0.2, 0.25) is 0 Å². The molecule has 9 nitrogen and oxygen atoms in total. The first-order chi connectivity index (χ1) is 11.5. The topological polar surface area (TPSA) is 126 Å². The quantitative estimate of drug-likeness (QED) is 0.408. The molecule has 0 saturated carbocycles. The third-order valence-corrected chi connectivity index (χ3v) is 3.68. The van der Waals surface area contributed by atoms with Crippen LogP contribution in [0.15, 0.2) is 12.1 Å². The van der Waals surface area contributed by atoms with Gasteiger partial charge in [-0.2, -0.15) is 0 Å². The molecule has 1 atom stereocenters. The minimum absolute atomic E-state index is 0.155. The minimum atomic E-state index is -0.893. The lowest BCUT2D eigenvalue weighted by atomic mass is 10.1. The van der Waals surface area contributed by atoms with E-state index in [4.69, 9.17) is 19.9 Å². The largest absolute Gasteiger partial charge is 0.493 e. The highest BCUT2D eigenvalue weighted by atomic mass is 16.6. The van der Waals surface area contributed by atoms with E-state index >= 15 is 0 Å². The van der Waals surface area contributed by atoms with Crippen molar-refractivity contribution >= 4 is 11.6 Å². The molecule has 0 bridgehead atoms.